The molecule has 31 heavy (non-hydrogen) atoms. The SMILES string of the molecule is Cc1ccc(N2C[C@@H](C)N(CC(O)COc3ccc4c(c3)CCC(=O)N4)[C@@H](C)C2)cc1. The Morgan fingerprint density at radius 1 is 1.10 bits per heavy atom. The van der Waals surface area contributed by atoms with E-state index in [9.17, 15) is 9.90 Å². The molecular formula is C25H33N3O3. The van der Waals surface area contributed by atoms with Crippen LogP contribution in [0.3, 0.4) is 0 Å². The fraction of sp³-hybridized carbons (Fsp3) is 0.480. The smallest absolute Gasteiger partial charge is 0.224 e. The summed E-state index contributed by atoms with van der Waals surface area (Å²) in [6, 6.07) is 15.1. The molecule has 0 saturated carbocycles. The van der Waals surface area contributed by atoms with Crippen molar-refractivity contribution in [1.29, 1.82) is 0 Å². The molecule has 0 bridgehead atoms. The summed E-state index contributed by atoms with van der Waals surface area (Å²) in [5, 5.41) is 13.5. The number of β-amino-alcohol motifs (C(OH)–C–C–N with tert-alkyl or cyclic N) is 1. The third kappa shape index (κ3) is 5.20. The molecule has 1 amide bonds. The Morgan fingerprint density at radius 3 is 2.52 bits per heavy atom. The number of nitrogens with zero attached hydrogens (tertiary/aromatic N) is 2. The summed E-state index contributed by atoms with van der Waals surface area (Å²) in [7, 11) is 0. The second kappa shape index (κ2) is 9.28. The van der Waals surface area contributed by atoms with Gasteiger partial charge in [-0.15, -0.1) is 0 Å². The van der Waals surface area contributed by atoms with Gasteiger partial charge in [0.15, 0.2) is 0 Å². The van der Waals surface area contributed by atoms with Crippen LogP contribution in [0.2, 0.25) is 0 Å². The summed E-state index contributed by atoms with van der Waals surface area (Å²) in [4.78, 5) is 16.3. The normalized spacial score (nSPS) is 22.6. The zero-order valence-corrected chi connectivity index (χ0v) is 18.7. The van der Waals surface area contributed by atoms with Gasteiger partial charge >= 0.3 is 0 Å². The highest BCUT2D eigenvalue weighted by molar-refractivity contribution is 5.94. The summed E-state index contributed by atoms with van der Waals surface area (Å²) in [6.45, 7) is 9.28. The number of aliphatic hydroxyl groups is 1. The maximum atomic E-state index is 11.5. The molecule has 2 heterocycles. The third-order valence-corrected chi connectivity index (χ3v) is 6.34. The number of benzene rings is 2. The number of ether oxygens (including phenoxy) is 1. The minimum atomic E-state index is -0.563. The lowest BCUT2D eigenvalue weighted by Crippen LogP contribution is -2.58. The van der Waals surface area contributed by atoms with Crippen molar-refractivity contribution >= 4 is 17.3 Å². The number of hydrogen-bond donors (Lipinski definition) is 2. The first kappa shape index (κ1) is 21.7. The molecular weight excluding hydrogens is 390 g/mol. The summed E-state index contributed by atoms with van der Waals surface area (Å²) in [5.41, 5.74) is 4.48. The van der Waals surface area contributed by atoms with E-state index in [4.69, 9.17) is 4.74 Å². The van der Waals surface area contributed by atoms with Crippen LogP contribution in [0.25, 0.3) is 0 Å². The molecule has 2 N–H and O–H groups in total. The zero-order chi connectivity index (χ0) is 22.0. The molecule has 1 unspecified atom stereocenters. The number of aryl methyl sites for hydroxylation is 2. The van der Waals surface area contributed by atoms with Crippen molar-refractivity contribution in [2.45, 2.75) is 51.8 Å². The molecule has 166 valence electrons. The lowest BCUT2D eigenvalue weighted by molar-refractivity contribution is -0.116. The zero-order valence-electron chi connectivity index (χ0n) is 18.7. The highest BCUT2D eigenvalue weighted by atomic mass is 16.5. The van der Waals surface area contributed by atoms with Gasteiger partial charge in [-0.3, -0.25) is 9.69 Å². The molecule has 3 atom stereocenters. The van der Waals surface area contributed by atoms with Gasteiger partial charge in [-0.2, -0.15) is 0 Å². The van der Waals surface area contributed by atoms with Gasteiger partial charge in [0.25, 0.3) is 0 Å². The second-order valence-corrected chi connectivity index (χ2v) is 8.97. The van der Waals surface area contributed by atoms with Crippen LogP contribution in [-0.2, 0) is 11.2 Å². The van der Waals surface area contributed by atoms with E-state index in [1.807, 2.05) is 18.2 Å². The topological polar surface area (TPSA) is 65.0 Å². The van der Waals surface area contributed by atoms with Crippen LogP contribution in [0.15, 0.2) is 42.5 Å². The molecule has 0 aliphatic carbocycles. The van der Waals surface area contributed by atoms with Crippen LogP contribution in [0.1, 0.15) is 31.4 Å². The third-order valence-electron chi connectivity index (χ3n) is 6.34. The monoisotopic (exact) mass is 423 g/mol. The van der Waals surface area contributed by atoms with Crippen molar-refractivity contribution in [3.63, 3.8) is 0 Å². The van der Waals surface area contributed by atoms with E-state index in [1.165, 1.54) is 11.3 Å². The number of piperazine rings is 1. The Hall–Kier alpha value is -2.57. The van der Waals surface area contributed by atoms with Gasteiger partial charge in [0.2, 0.25) is 5.91 Å². The molecule has 0 spiro atoms. The Balaban J connectivity index is 1.30. The van der Waals surface area contributed by atoms with E-state index in [0.717, 1.165) is 36.5 Å². The molecule has 2 aliphatic heterocycles. The van der Waals surface area contributed by atoms with E-state index in [-0.39, 0.29) is 12.5 Å². The summed E-state index contributed by atoms with van der Waals surface area (Å²) < 4.78 is 5.87. The number of fused-ring (bicyclic) bond motifs is 1. The van der Waals surface area contributed by atoms with Gasteiger partial charge in [0.1, 0.15) is 18.5 Å². The highest BCUT2D eigenvalue weighted by Gasteiger charge is 2.31. The standard InChI is InChI=1S/C25H33N3O3/c1-17-4-7-21(8-5-17)27-13-18(2)28(19(3)14-27)15-22(29)16-31-23-9-10-24-20(12-23)6-11-25(30)26-24/h4-5,7-10,12,18-19,22,29H,6,11,13-16H2,1-3H3,(H,26,30)/t18-,19+,22?. The fourth-order valence-corrected chi connectivity index (χ4v) is 4.62. The van der Waals surface area contributed by atoms with Gasteiger partial charge in [-0.05, 0) is 63.1 Å². The first-order valence-electron chi connectivity index (χ1n) is 11.2. The van der Waals surface area contributed by atoms with Gasteiger partial charge < -0.3 is 20.1 Å². The number of amides is 1. The number of rotatable bonds is 6. The number of anilines is 2. The number of carbonyl (C=O) groups excluding carboxylic acids is 1. The molecule has 6 nitrogen and oxygen atoms in total. The quantitative estimate of drug-likeness (QED) is 0.747. The largest absolute Gasteiger partial charge is 0.491 e. The maximum absolute atomic E-state index is 11.5. The highest BCUT2D eigenvalue weighted by Crippen LogP contribution is 2.27. The maximum Gasteiger partial charge on any atom is 0.224 e. The van der Waals surface area contributed by atoms with Gasteiger partial charge in [-0.25, -0.2) is 0 Å². The van der Waals surface area contributed by atoms with E-state index < -0.39 is 6.10 Å². The number of hydrogen-bond acceptors (Lipinski definition) is 5. The minimum Gasteiger partial charge on any atom is -0.491 e. The summed E-state index contributed by atoms with van der Waals surface area (Å²) in [5.74, 6) is 0.793. The van der Waals surface area contributed by atoms with Crippen LogP contribution in [0.5, 0.6) is 5.75 Å². The molecule has 1 fully saturated rings. The lowest BCUT2D eigenvalue weighted by atomic mass is 10.0. The van der Waals surface area contributed by atoms with Gasteiger partial charge in [-0.1, -0.05) is 17.7 Å². The van der Waals surface area contributed by atoms with E-state index in [0.29, 0.717) is 25.0 Å². The Morgan fingerprint density at radius 2 is 1.81 bits per heavy atom. The molecule has 0 radical (unpaired) electrons. The summed E-state index contributed by atoms with van der Waals surface area (Å²) in [6.07, 6.45) is 0.663. The molecule has 0 aromatic heterocycles. The predicted octanol–water partition coefficient (Wildman–Crippen LogP) is 3.22. The molecule has 2 aromatic rings. The molecule has 4 rings (SSSR count). The van der Waals surface area contributed by atoms with Crippen molar-refractivity contribution in [2.24, 2.45) is 0 Å². The van der Waals surface area contributed by atoms with Crippen molar-refractivity contribution in [1.82, 2.24) is 4.90 Å². The molecule has 2 aromatic carbocycles. The number of aliphatic hydroxyl groups excluding tert-OH is 1. The van der Waals surface area contributed by atoms with E-state index in [2.05, 4.69) is 60.2 Å². The van der Waals surface area contributed by atoms with Crippen LogP contribution >= 0.6 is 0 Å². The van der Waals surface area contributed by atoms with Crippen LogP contribution < -0.4 is 15.0 Å². The molecule has 6 heteroatoms. The van der Waals surface area contributed by atoms with Gasteiger partial charge in [0, 0.05) is 49.5 Å². The molecule has 1 saturated heterocycles. The van der Waals surface area contributed by atoms with Gasteiger partial charge in [0.05, 0.1) is 0 Å². The Kier molecular flexibility index (Phi) is 6.49. The Labute approximate surface area is 184 Å². The second-order valence-electron chi connectivity index (χ2n) is 8.97. The van der Waals surface area contributed by atoms with Crippen molar-refractivity contribution in [2.75, 3.05) is 36.5 Å². The average Bonchev–Trinajstić information content (AvgIpc) is 2.75. The van der Waals surface area contributed by atoms with E-state index in [1.54, 1.807) is 0 Å². The van der Waals surface area contributed by atoms with Crippen LogP contribution in [0, 0.1) is 6.92 Å². The van der Waals surface area contributed by atoms with Crippen molar-refractivity contribution in [3.05, 3.63) is 53.6 Å². The molecule has 2 aliphatic rings. The van der Waals surface area contributed by atoms with Crippen molar-refractivity contribution < 1.29 is 14.6 Å². The first-order chi connectivity index (χ1) is 14.9. The number of carbonyl (C=O) groups is 1. The van der Waals surface area contributed by atoms with Crippen LogP contribution in [-0.4, -0.2) is 60.3 Å². The van der Waals surface area contributed by atoms with E-state index >= 15 is 0 Å². The minimum absolute atomic E-state index is 0.0577. The number of nitrogens with one attached hydrogen (secondary N) is 1. The summed E-state index contributed by atoms with van der Waals surface area (Å²) >= 11 is 0. The van der Waals surface area contributed by atoms with Crippen LogP contribution in [0.4, 0.5) is 11.4 Å². The predicted molar refractivity (Wildman–Crippen MR) is 124 cm³/mol. The first-order valence-corrected chi connectivity index (χ1v) is 11.2. The average molecular weight is 424 g/mol. The lowest BCUT2D eigenvalue weighted by Gasteiger charge is -2.46. The fourth-order valence-electron chi connectivity index (χ4n) is 4.62. The van der Waals surface area contributed by atoms with Crippen molar-refractivity contribution in [3.8, 4) is 5.75 Å². The Bertz CT molecular complexity index is 903.